The first-order valence-electron chi connectivity index (χ1n) is 10.8. The first-order valence-corrected chi connectivity index (χ1v) is 12.3. The third-order valence-corrected chi connectivity index (χ3v) is 6.12. The second kappa shape index (κ2) is 11.4. The van der Waals surface area contributed by atoms with Crippen LogP contribution in [0.25, 0.3) is 0 Å². The number of sulfonamides is 1. The van der Waals surface area contributed by atoms with Crippen LogP contribution in [0.5, 0.6) is 11.5 Å². The molecule has 9 nitrogen and oxygen atoms in total. The summed E-state index contributed by atoms with van der Waals surface area (Å²) in [6.07, 6.45) is 0. The van der Waals surface area contributed by atoms with E-state index in [0.29, 0.717) is 18.1 Å². The van der Waals surface area contributed by atoms with Gasteiger partial charge in [-0.1, -0.05) is 6.07 Å². The van der Waals surface area contributed by atoms with Crippen molar-refractivity contribution in [3.63, 3.8) is 0 Å². The second-order valence-corrected chi connectivity index (χ2v) is 9.38. The van der Waals surface area contributed by atoms with Crippen LogP contribution in [0.15, 0.2) is 71.6 Å². The Morgan fingerprint density at radius 1 is 0.800 bits per heavy atom. The van der Waals surface area contributed by atoms with E-state index in [1.807, 2.05) is 39.0 Å². The van der Waals surface area contributed by atoms with E-state index in [9.17, 15) is 18.0 Å². The van der Waals surface area contributed by atoms with Gasteiger partial charge in [0.2, 0.25) is 0 Å². The highest BCUT2D eigenvalue weighted by Crippen LogP contribution is 2.20. The summed E-state index contributed by atoms with van der Waals surface area (Å²) < 4.78 is 38.4. The van der Waals surface area contributed by atoms with Crippen molar-refractivity contribution in [2.24, 2.45) is 0 Å². The average molecular weight is 498 g/mol. The number of amides is 2. The third kappa shape index (κ3) is 7.47. The SMILES string of the molecule is CCOc1ccc(S(=O)(=O)Nc2ccc(C(=O)NNC(=O)COc3cc(C)cc(C)c3)cc2)cc1. The number of benzene rings is 3. The summed E-state index contributed by atoms with van der Waals surface area (Å²) in [5, 5.41) is 0. The molecule has 0 aromatic heterocycles. The minimum Gasteiger partial charge on any atom is -0.494 e. The number of carbonyl (C=O) groups is 2. The largest absolute Gasteiger partial charge is 0.494 e. The highest BCUT2D eigenvalue weighted by molar-refractivity contribution is 7.92. The van der Waals surface area contributed by atoms with Gasteiger partial charge in [0, 0.05) is 11.3 Å². The normalized spacial score (nSPS) is 10.8. The van der Waals surface area contributed by atoms with Crippen molar-refractivity contribution in [2.45, 2.75) is 25.7 Å². The molecule has 0 saturated heterocycles. The number of hydrogen-bond donors (Lipinski definition) is 3. The van der Waals surface area contributed by atoms with E-state index >= 15 is 0 Å². The summed E-state index contributed by atoms with van der Waals surface area (Å²) in [5.41, 5.74) is 7.11. The number of hydrogen-bond acceptors (Lipinski definition) is 6. The van der Waals surface area contributed by atoms with E-state index in [-0.39, 0.29) is 22.8 Å². The van der Waals surface area contributed by atoms with E-state index < -0.39 is 21.8 Å². The summed E-state index contributed by atoms with van der Waals surface area (Å²) in [5.74, 6) is 0.0425. The van der Waals surface area contributed by atoms with Crippen LogP contribution in [0.1, 0.15) is 28.4 Å². The molecule has 184 valence electrons. The fourth-order valence-electron chi connectivity index (χ4n) is 3.19. The van der Waals surface area contributed by atoms with Crippen LogP contribution in [0, 0.1) is 13.8 Å². The molecule has 0 spiro atoms. The zero-order valence-corrected chi connectivity index (χ0v) is 20.4. The molecule has 10 heteroatoms. The molecule has 0 radical (unpaired) electrons. The van der Waals surface area contributed by atoms with Crippen LogP contribution in [0.4, 0.5) is 5.69 Å². The van der Waals surface area contributed by atoms with Gasteiger partial charge in [0.1, 0.15) is 11.5 Å². The predicted molar refractivity (Wildman–Crippen MR) is 132 cm³/mol. The summed E-state index contributed by atoms with van der Waals surface area (Å²) in [6, 6.07) is 17.4. The minimum absolute atomic E-state index is 0.0773. The molecule has 0 saturated carbocycles. The zero-order chi connectivity index (χ0) is 25.4. The standard InChI is InChI=1S/C25H27N3O6S/c1-4-33-21-9-11-23(12-10-21)35(31,32)28-20-7-5-19(6-8-20)25(30)27-26-24(29)16-34-22-14-17(2)13-18(3)15-22/h5-15,28H,4,16H2,1-3H3,(H,26,29)(H,27,30). The Balaban J connectivity index is 1.51. The topological polar surface area (TPSA) is 123 Å². The van der Waals surface area contributed by atoms with Gasteiger partial charge in [-0.25, -0.2) is 8.42 Å². The lowest BCUT2D eigenvalue weighted by atomic mass is 10.1. The van der Waals surface area contributed by atoms with Gasteiger partial charge >= 0.3 is 0 Å². The van der Waals surface area contributed by atoms with Crippen molar-refractivity contribution in [1.82, 2.24) is 10.9 Å². The minimum atomic E-state index is -3.81. The van der Waals surface area contributed by atoms with Crippen molar-refractivity contribution in [1.29, 1.82) is 0 Å². The number of ether oxygens (including phenoxy) is 2. The molecule has 2 amide bonds. The fraction of sp³-hybridized carbons (Fsp3) is 0.200. The Labute approximate surface area is 204 Å². The molecule has 0 heterocycles. The lowest BCUT2D eigenvalue weighted by Gasteiger charge is -2.11. The Bertz CT molecular complexity index is 1270. The predicted octanol–water partition coefficient (Wildman–Crippen LogP) is 3.34. The van der Waals surface area contributed by atoms with Gasteiger partial charge < -0.3 is 9.47 Å². The molecule has 0 unspecified atom stereocenters. The molecule has 3 aromatic carbocycles. The molecule has 0 fully saturated rings. The molecule has 3 N–H and O–H groups in total. The summed E-state index contributed by atoms with van der Waals surface area (Å²) in [4.78, 5) is 24.4. The van der Waals surface area contributed by atoms with Crippen molar-refractivity contribution in [3.05, 3.63) is 83.4 Å². The molecular formula is C25H27N3O6S. The molecule has 0 aliphatic carbocycles. The van der Waals surface area contributed by atoms with Gasteiger partial charge in [-0.3, -0.25) is 25.2 Å². The molecule has 0 bridgehead atoms. The molecule has 0 aliphatic rings. The Morgan fingerprint density at radius 2 is 1.43 bits per heavy atom. The van der Waals surface area contributed by atoms with Gasteiger partial charge in [-0.05, 0) is 92.6 Å². The third-order valence-electron chi connectivity index (χ3n) is 4.72. The van der Waals surface area contributed by atoms with Crippen LogP contribution in [0.3, 0.4) is 0 Å². The monoisotopic (exact) mass is 497 g/mol. The Kier molecular flexibility index (Phi) is 8.32. The van der Waals surface area contributed by atoms with Crippen LogP contribution in [0.2, 0.25) is 0 Å². The molecule has 0 atom stereocenters. The molecule has 35 heavy (non-hydrogen) atoms. The van der Waals surface area contributed by atoms with Crippen molar-refractivity contribution < 1.29 is 27.5 Å². The lowest BCUT2D eigenvalue weighted by Crippen LogP contribution is -2.43. The molecule has 3 rings (SSSR count). The summed E-state index contributed by atoms with van der Waals surface area (Å²) in [7, 11) is -3.81. The maximum atomic E-state index is 12.6. The smallest absolute Gasteiger partial charge is 0.276 e. The summed E-state index contributed by atoms with van der Waals surface area (Å²) in [6.45, 7) is 5.91. The summed E-state index contributed by atoms with van der Waals surface area (Å²) >= 11 is 0. The van der Waals surface area contributed by atoms with Gasteiger partial charge in [0.25, 0.3) is 21.8 Å². The average Bonchev–Trinajstić information content (AvgIpc) is 2.81. The van der Waals surface area contributed by atoms with Crippen LogP contribution >= 0.6 is 0 Å². The van der Waals surface area contributed by atoms with Gasteiger partial charge in [0.15, 0.2) is 6.61 Å². The Morgan fingerprint density at radius 3 is 2.03 bits per heavy atom. The van der Waals surface area contributed by atoms with Crippen molar-refractivity contribution in [3.8, 4) is 11.5 Å². The number of hydrazine groups is 1. The number of anilines is 1. The van der Waals surface area contributed by atoms with Crippen molar-refractivity contribution in [2.75, 3.05) is 17.9 Å². The first-order chi connectivity index (χ1) is 16.7. The Hall–Kier alpha value is -4.05. The van der Waals surface area contributed by atoms with E-state index in [0.717, 1.165) is 11.1 Å². The number of nitrogens with one attached hydrogen (secondary N) is 3. The molecular weight excluding hydrogens is 470 g/mol. The fourth-order valence-corrected chi connectivity index (χ4v) is 4.24. The maximum absolute atomic E-state index is 12.6. The number of rotatable bonds is 9. The highest BCUT2D eigenvalue weighted by Gasteiger charge is 2.15. The van der Waals surface area contributed by atoms with Crippen LogP contribution in [-0.4, -0.2) is 33.4 Å². The van der Waals surface area contributed by atoms with Gasteiger partial charge in [-0.15, -0.1) is 0 Å². The van der Waals surface area contributed by atoms with Gasteiger partial charge in [-0.2, -0.15) is 0 Å². The quantitative estimate of drug-likeness (QED) is 0.390. The van der Waals surface area contributed by atoms with E-state index in [2.05, 4.69) is 15.6 Å². The van der Waals surface area contributed by atoms with Gasteiger partial charge in [0.05, 0.1) is 11.5 Å². The van der Waals surface area contributed by atoms with E-state index in [1.165, 1.54) is 36.4 Å². The zero-order valence-electron chi connectivity index (χ0n) is 19.6. The molecule has 3 aromatic rings. The van der Waals surface area contributed by atoms with Crippen LogP contribution < -0.4 is 25.0 Å². The number of aryl methyl sites for hydroxylation is 2. The van der Waals surface area contributed by atoms with E-state index in [1.54, 1.807) is 12.1 Å². The number of carbonyl (C=O) groups excluding carboxylic acids is 2. The molecule has 0 aliphatic heterocycles. The van der Waals surface area contributed by atoms with E-state index in [4.69, 9.17) is 9.47 Å². The highest BCUT2D eigenvalue weighted by atomic mass is 32.2. The van der Waals surface area contributed by atoms with Crippen molar-refractivity contribution >= 4 is 27.5 Å². The maximum Gasteiger partial charge on any atom is 0.276 e. The second-order valence-electron chi connectivity index (χ2n) is 7.70. The van der Waals surface area contributed by atoms with Crippen LogP contribution in [-0.2, 0) is 14.8 Å². The first kappa shape index (κ1) is 25.6. The lowest BCUT2D eigenvalue weighted by molar-refractivity contribution is -0.123.